The summed E-state index contributed by atoms with van der Waals surface area (Å²) in [4.78, 5) is 16.5. The van der Waals surface area contributed by atoms with Crippen LogP contribution in [0.4, 0.5) is 0 Å². The van der Waals surface area contributed by atoms with Crippen molar-refractivity contribution in [2.24, 2.45) is 4.99 Å². The van der Waals surface area contributed by atoms with E-state index in [1.165, 1.54) is 25.7 Å². The van der Waals surface area contributed by atoms with Crippen LogP contribution in [0.15, 0.2) is 39.6 Å². The maximum absolute atomic E-state index is 11.9. The van der Waals surface area contributed by atoms with Crippen molar-refractivity contribution in [1.29, 1.82) is 0 Å². The number of nitrogens with one attached hydrogen (secondary N) is 2. The molecule has 27 heavy (non-hydrogen) atoms. The zero-order valence-corrected chi connectivity index (χ0v) is 19.1. The molecule has 5 nitrogen and oxygen atoms in total. The third-order valence-corrected chi connectivity index (χ3v) is 4.80. The number of rotatable bonds is 9. The number of hydrogen-bond acceptors (Lipinski definition) is 2. The maximum atomic E-state index is 11.9. The highest BCUT2D eigenvalue weighted by atomic mass is 127. The van der Waals surface area contributed by atoms with Gasteiger partial charge in [0.1, 0.15) is 0 Å². The van der Waals surface area contributed by atoms with Gasteiger partial charge in [0, 0.05) is 37.9 Å². The molecule has 1 aliphatic carbocycles. The van der Waals surface area contributed by atoms with Gasteiger partial charge in [0.2, 0.25) is 0 Å². The van der Waals surface area contributed by atoms with Crippen molar-refractivity contribution in [1.82, 2.24) is 15.2 Å². The lowest BCUT2D eigenvalue weighted by Crippen LogP contribution is -2.38. The van der Waals surface area contributed by atoms with Crippen LogP contribution in [0, 0.1) is 6.92 Å². The molecule has 0 atom stereocenters. The van der Waals surface area contributed by atoms with Crippen LogP contribution in [0.5, 0.6) is 0 Å². The highest BCUT2D eigenvalue weighted by Crippen LogP contribution is 2.19. The van der Waals surface area contributed by atoms with E-state index in [2.05, 4.69) is 28.6 Å². The molecule has 2 rings (SSSR count). The van der Waals surface area contributed by atoms with Crippen molar-refractivity contribution in [3.8, 4) is 0 Å². The molecule has 0 saturated heterocycles. The van der Waals surface area contributed by atoms with Gasteiger partial charge in [-0.3, -0.25) is 9.79 Å². The second-order valence-corrected chi connectivity index (χ2v) is 6.91. The van der Waals surface area contributed by atoms with Crippen LogP contribution in [0.25, 0.3) is 0 Å². The predicted molar refractivity (Wildman–Crippen MR) is 125 cm³/mol. The van der Waals surface area contributed by atoms with E-state index in [-0.39, 0.29) is 29.5 Å². The summed E-state index contributed by atoms with van der Waals surface area (Å²) in [7, 11) is 0. The average molecular weight is 486 g/mol. The second-order valence-electron chi connectivity index (χ2n) is 6.91. The maximum Gasteiger partial charge on any atom is 0.250 e. The minimum absolute atomic E-state index is 0. The largest absolute Gasteiger partial charge is 0.357 e. The molecule has 0 radical (unpaired) electrons. The average Bonchev–Trinajstić information content (AvgIpc) is 2.64. The quantitative estimate of drug-likeness (QED) is 0.182. The van der Waals surface area contributed by atoms with Crippen molar-refractivity contribution < 1.29 is 0 Å². The van der Waals surface area contributed by atoms with E-state index in [1.807, 2.05) is 23.6 Å². The van der Waals surface area contributed by atoms with Crippen LogP contribution in [0.1, 0.15) is 57.6 Å². The van der Waals surface area contributed by atoms with Crippen LogP contribution in [-0.2, 0) is 6.54 Å². The number of allylic oxidation sites excluding steroid dienone is 1. The normalized spacial score (nSPS) is 14.3. The number of aromatic nitrogens is 1. The molecule has 0 spiro atoms. The summed E-state index contributed by atoms with van der Waals surface area (Å²) < 4.78 is 1.84. The zero-order valence-electron chi connectivity index (χ0n) is 16.8. The fourth-order valence-electron chi connectivity index (χ4n) is 3.30. The minimum atomic E-state index is 0. The molecule has 0 aromatic carbocycles. The van der Waals surface area contributed by atoms with Gasteiger partial charge in [-0.15, -0.1) is 24.0 Å². The number of unbranched alkanes of at least 4 members (excludes halogenated alkanes) is 1. The van der Waals surface area contributed by atoms with Gasteiger partial charge in [-0.25, -0.2) is 0 Å². The smallest absolute Gasteiger partial charge is 0.250 e. The summed E-state index contributed by atoms with van der Waals surface area (Å²) in [6, 6.07) is 5.42. The molecule has 0 fully saturated rings. The van der Waals surface area contributed by atoms with Gasteiger partial charge >= 0.3 is 0 Å². The highest BCUT2D eigenvalue weighted by Gasteiger charge is 2.04. The first-order chi connectivity index (χ1) is 12.7. The number of nitrogens with zero attached hydrogens (tertiary/aromatic N) is 2. The third-order valence-electron chi connectivity index (χ3n) is 4.80. The van der Waals surface area contributed by atoms with Crippen LogP contribution in [0.2, 0.25) is 0 Å². The van der Waals surface area contributed by atoms with Gasteiger partial charge in [-0.1, -0.05) is 17.7 Å². The molecule has 0 amide bonds. The molecule has 1 aromatic rings. The van der Waals surface area contributed by atoms with E-state index in [0.717, 1.165) is 57.1 Å². The zero-order chi connectivity index (χ0) is 18.6. The fraction of sp³-hybridized carbons (Fsp3) is 0.619. The van der Waals surface area contributed by atoms with Crippen LogP contribution in [0.3, 0.4) is 0 Å². The van der Waals surface area contributed by atoms with Gasteiger partial charge in [-0.2, -0.15) is 0 Å². The van der Waals surface area contributed by atoms with Crippen molar-refractivity contribution in [2.75, 3.05) is 19.6 Å². The number of halogens is 1. The summed E-state index contributed by atoms with van der Waals surface area (Å²) in [5, 5.41) is 6.75. The molecule has 2 N–H and O–H groups in total. The molecule has 0 bridgehead atoms. The monoisotopic (exact) mass is 486 g/mol. The molecule has 0 unspecified atom stereocenters. The van der Waals surface area contributed by atoms with E-state index in [1.54, 1.807) is 11.6 Å². The van der Waals surface area contributed by atoms with E-state index in [0.29, 0.717) is 0 Å². The van der Waals surface area contributed by atoms with Gasteiger partial charge in [-0.05, 0) is 64.9 Å². The van der Waals surface area contributed by atoms with Crippen molar-refractivity contribution in [3.05, 3.63) is 45.9 Å². The Morgan fingerprint density at radius 1 is 1.22 bits per heavy atom. The second kappa shape index (κ2) is 13.8. The topological polar surface area (TPSA) is 58.4 Å². The number of aliphatic imine (C=N–C) groups is 1. The molecule has 0 saturated carbocycles. The molecule has 152 valence electrons. The van der Waals surface area contributed by atoms with E-state index in [4.69, 9.17) is 0 Å². The molecular formula is C21H35IN4O. The molecule has 0 aliphatic heterocycles. The number of hydrogen-bond donors (Lipinski definition) is 2. The van der Waals surface area contributed by atoms with E-state index >= 15 is 0 Å². The number of pyridine rings is 1. The molecule has 6 heteroatoms. The summed E-state index contributed by atoms with van der Waals surface area (Å²) in [6.07, 6.45) is 10.6. The van der Waals surface area contributed by atoms with Crippen LogP contribution in [-0.4, -0.2) is 30.2 Å². The number of guanidine groups is 1. The summed E-state index contributed by atoms with van der Waals surface area (Å²) in [5.74, 6) is 0.900. The van der Waals surface area contributed by atoms with Gasteiger partial charge in [0.05, 0.1) is 0 Å². The lowest BCUT2D eigenvalue weighted by atomic mass is 9.97. The van der Waals surface area contributed by atoms with Crippen molar-refractivity contribution in [3.63, 3.8) is 0 Å². The first kappa shape index (κ1) is 23.7. The van der Waals surface area contributed by atoms with Crippen molar-refractivity contribution >= 4 is 29.9 Å². The fourth-order valence-corrected chi connectivity index (χ4v) is 3.30. The Morgan fingerprint density at radius 2 is 2.07 bits per heavy atom. The first-order valence-electron chi connectivity index (χ1n) is 10.1. The Balaban J connectivity index is 0.00000364. The highest BCUT2D eigenvalue weighted by molar-refractivity contribution is 14.0. The van der Waals surface area contributed by atoms with Crippen molar-refractivity contribution in [2.45, 2.75) is 65.3 Å². The van der Waals surface area contributed by atoms with Crippen LogP contribution >= 0.6 is 24.0 Å². The van der Waals surface area contributed by atoms with Gasteiger partial charge in [0.25, 0.3) is 5.56 Å². The van der Waals surface area contributed by atoms with E-state index in [9.17, 15) is 4.79 Å². The van der Waals surface area contributed by atoms with Crippen LogP contribution < -0.4 is 16.2 Å². The van der Waals surface area contributed by atoms with Gasteiger partial charge < -0.3 is 15.2 Å². The Labute approximate surface area is 180 Å². The Kier molecular flexibility index (Phi) is 12.1. The molecular weight excluding hydrogens is 451 g/mol. The predicted octanol–water partition coefficient (Wildman–Crippen LogP) is 4.00. The summed E-state index contributed by atoms with van der Waals surface area (Å²) in [5.41, 5.74) is 2.69. The summed E-state index contributed by atoms with van der Waals surface area (Å²) in [6.45, 7) is 7.42. The minimum Gasteiger partial charge on any atom is -0.357 e. The SMILES string of the molecule is CCNC(=NCCCCn1c(C)cccc1=O)NCCC1=CCCCC1.I. The molecule has 1 aromatic heterocycles. The summed E-state index contributed by atoms with van der Waals surface area (Å²) >= 11 is 0. The Morgan fingerprint density at radius 3 is 2.78 bits per heavy atom. The standard InChI is InChI=1S/C21H34N4O.HI/c1-3-22-21(24-16-14-19-11-5-4-6-12-19)23-15-7-8-17-25-18(2)10-9-13-20(25)26;/h9-11,13H,3-8,12,14-17H2,1-2H3,(H2,22,23,24);1H. The lowest BCUT2D eigenvalue weighted by molar-refractivity contribution is 0.585. The third kappa shape index (κ3) is 8.95. The molecule has 1 aliphatic rings. The Hall–Kier alpha value is -1.31. The Bertz CT molecular complexity index is 666. The van der Waals surface area contributed by atoms with E-state index < -0.39 is 0 Å². The molecule has 1 heterocycles. The number of aryl methyl sites for hydroxylation is 1. The lowest BCUT2D eigenvalue weighted by Gasteiger charge is -2.15. The first-order valence-corrected chi connectivity index (χ1v) is 10.1. The van der Waals surface area contributed by atoms with Gasteiger partial charge in [0.15, 0.2) is 5.96 Å².